The van der Waals surface area contributed by atoms with Crippen LogP contribution in [0.3, 0.4) is 0 Å². The maximum atomic E-state index is 14.1. The average molecular weight is 395 g/mol. The third kappa shape index (κ3) is 2.32. The van der Waals surface area contributed by atoms with Gasteiger partial charge in [-0.3, -0.25) is 4.79 Å². The molecule has 0 spiro atoms. The molecule has 1 saturated carbocycles. The second-order valence-electron chi connectivity index (χ2n) is 9.69. The number of fused-ring (bicyclic) bond motifs is 3. The summed E-state index contributed by atoms with van der Waals surface area (Å²) in [5, 5.41) is 0. The maximum absolute atomic E-state index is 14.1. The number of benzene rings is 2. The molecule has 3 aliphatic rings. The standard InChI is InChI=1S/C29H30O/c1-19-15-25-27(30)26-16-20(2)22(4)18-29(26,24-13-9-6-10-14-24)28(25,17-21(19)3)23-11-7-5-8-12-23/h5-16,19,21H,17-18H2,1-4H3/t19?,21?,28-,29-/m1/s1. The van der Waals surface area contributed by atoms with E-state index in [1.165, 1.54) is 22.3 Å². The van der Waals surface area contributed by atoms with Crippen molar-refractivity contribution in [3.63, 3.8) is 0 Å². The van der Waals surface area contributed by atoms with Gasteiger partial charge in [0.25, 0.3) is 0 Å². The van der Waals surface area contributed by atoms with Gasteiger partial charge in [-0.2, -0.15) is 0 Å². The van der Waals surface area contributed by atoms with E-state index in [-0.39, 0.29) is 16.6 Å². The Labute approximate surface area is 180 Å². The fraction of sp³-hybridized carbons (Fsp3) is 0.345. The quantitative estimate of drug-likeness (QED) is 0.553. The van der Waals surface area contributed by atoms with Crippen LogP contribution in [0.15, 0.2) is 95.1 Å². The second kappa shape index (κ2) is 6.67. The molecule has 3 aliphatic carbocycles. The van der Waals surface area contributed by atoms with Crippen molar-refractivity contribution in [1.29, 1.82) is 0 Å². The van der Waals surface area contributed by atoms with Crippen LogP contribution in [0.5, 0.6) is 0 Å². The first kappa shape index (κ1) is 19.3. The smallest absolute Gasteiger partial charge is 0.186 e. The van der Waals surface area contributed by atoms with Crippen LogP contribution in [0.25, 0.3) is 0 Å². The molecule has 0 heterocycles. The molecule has 1 heteroatoms. The van der Waals surface area contributed by atoms with Gasteiger partial charge in [-0.1, -0.05) is 97.8 Å². The lowest BCUT2D eigenvalue weighted by Crippen LogP contribution is -2.50. The van der Waals surface area contributed by atoms with E-state index in [0.717, 1.165) is 24.0 Å². The van der Waals surface area contributed by atoms with E-state index >= 15 is 0 Å². The van der Waals surface area contributed by atoms with Gasteiger partial charge in [-0.15, -0.1) is 0 Å². The largest absolute Gasteiger partial charge is 0.289 e. The van der Waals surface area contributed by atoms with Gasteiger partial charge in [0.1, 0.15) is 0 Å². The second-order valence-corrected chi connectivity index (χ2v) is 9.69. The van der Waals surface area contributed by atoms with Crippen molar-refractivity contribution in [1.82, 2.24) is 0 Å². The summed E-state index contributed by atoms with van der Waals surface area (Å²) in [6.07, 6.45) is 6.40. The minimum absolute atomic E-state index is 0.258. The predicted octanol–water partition coefficient (Wildman–Crippen LogP) is 6.71. The number of allylic oxidation sites excluding steroid dienone is 6. The SMILES string of the molecule is CC1=C(C)C[C@@]2(c3ccccc3)C(=C1)C(=O)C1=CC(C)C(C)C[C@@]12c1ccccc1. The molecule has 30 heavy (non-hydrogen) atoms. The number of hydrogen-bond donors (Lipinski definition) is 0. The van der Waals surface area contributed by atoms with E-state index in [1.54, 1.807) is 0 Å². The first-order valence-electron chi connectivity index (χ1n) is 11.2. The van der Waals surface area contributed by atoms with Crippen molar-refractivity contribution in [2.45, 2.75) is 51.4 Å². The summed E-state index contributed by atoms with van der Waals surface area (Å²) < 4.78 is 0. The zero-order valence-corrected chi connectivity index (χ0v) is 18.4. The first-order chi connectivity index (χ1) is 14.4. The lowest BCUT2D eigenvalue weighted by atomic mass is 9.49. The van der Waals surface area contributed by atoms with Gasteiger partial charge >= 0.3 is 0 Å². The van der Waals surface area contributed by atoms with E-state index in [4.69, 9.17) is 0 Å². The predicted molar refractivity (Wildman–Crippen MR) is 123 cm³/mol. The summed E-state index contributed by atoms with van der Waals surface area (Å²) in [5.41, 5.74) is 6.52. The summed E-state index contributed by atoms with van der Waals surface area (Å²) in [5.74, 6) is 1.17. The Morgan fingerprint density at radius 3 is 1.97 bits per heavy atom. The summed E-state index contributed by atoms with van der Waals surface area (Å²) >= 11 is 0. The van der Waals surface area contributed by atoms with Gasteiger partial charge < -0.3 is 0 Å². The minimum Gasteiger partial charge on any atom is -0.289 e. The molecule has 0 saturated heterocycles. The van der Waals surface area contributed by atoms with Crippen molar-refractivity contribution in [3.8, 4) is 0 Å². The van der Waals surface area contributed by atoms with Gasteiger partial charge in [0.15, 0.2) is 5.78 Å². The number of Topliss-reactive ketones (excluding diaryl/α,β-unsaturated/α-hetero) is 1. The first-order valence-corrected chi connectivity index (χ1v) is 11.2. The molecule has 1 fully saturated rings. The highest BCUT2D eigenvalue weighted by atomic mass is 16.1. The Hall–Kier alpha value is -2.67. The van der Waals surface area contributed by atoms with Gasteiger partial charge in [0, 0.05) is 22.0 Å². The third-order valence-corrected chi connectivity index (χ3v) is 8.19. The Morgan fingerprint density at radius 1 is 0.800 bits per heavy atom. The number of hydrogen-bond acceptors (Lipinski definition) is 1. The number of carbonyl (C=O) groups excluding carboxylic acids is 1. The molecular weight excluding hydrogens is 364 g/mol. The van der Waals surface area contributed by atoms with Gasteiger partial charge in [0.2, 0.25) is 0 Å². The van der Waals surface area contributed by atoms with Crippen LogP contribution in [0.4, 0.5) is 0 Å². The van der Waals surface area contributed by atoms with Crippen LogP contribution in [-0.4, -0.2) is 5.78 Å². The zero-order valence-electron chi connectivity index (χ0n) is 18.4. The molecule has 4 atom stereocenters. The molecule has 1 nitrogen and oxygen atoms in total. The van der Waals surface area contributed by atoms with Crippen LogP contribution >= 0.6 is 0 Å². The van der Waals surface area contributed by atoms with E-state index in [0.29, 0.717) is 11.8 Å². The molecule has 2 unspecified atom stereocenters. The molecule has 0 aromatic heterocycles. The van der Waals surface area contributed by atoms with E-state index in [2.05, 4.69) is 101 Å². The topological polar surface area (TPSA) is 17.1 Å². The number of ketones is 1. The van der Waals surface area contributed by atoms with Gasteiger partial charge in [0.05, 0.1) is 0 Å². The Morgan fingerprint density at radius 2 is 1.37 bits per heavy atom. The highest BCUT2D eigenvalue weighted by molar-refractivity contribution is 6.17. The fourth-order valence-corrected chi connectivity index (χ4v) is 6.37. The Bertz CT molecular complexity index is 1060. The van der Waals surface area contributed by atoms with E-state index in [9.17, 15) is 4.79 Å². The number of carbonyl (C=O) groups is 1. The van der Waals surface area contributed by atoms with Crippen molar-refractivity contribution in [2.75, 3.05) is 0 Å². The number of rotatable bonds is 2. The molecule has 0 bridgehead atoms. The highest BCUT2D eigenvalue weighted by Crippen LogP contribution is 2.67. The lowest BCUT2D eigenvalue weighted by molar-refractivity contribution is -0.112. The Kier molecular flexibility index (Phi) is 4.29. The molecule has 0 radical (unpaired) electrons. The molecule has 0 aliphatic heterocycles. The molecule has 2 aromatic carbocycles. The molecule has 0 N–H and O–H groups in total. The maximum Gasteiger partial charge on any atom is 0.186 e. The van der Waals surface area contributed by atoms with Gasteiger partial charge in [-0.05, 0) is 49.7 Å². The average Bonchev–Trinajstić information content (AvgIpc) is 2.96. The summed E-state index contributed by atoms with van der Waals surface area (Å²) in [6.45, 7) is 9.01. The van der Waals surface area contributed by atoms with Crippen molar-refractivity contribution in [2.24, 2.45) is 11.8 Å². The monoisotopic (exact) mass is 394 g/mol. The summed E-state index contributed by atoms with van der Waals surface area (Å²) in [6, 6.07) is 21.7. The van der Waals surface area contributed by atoms with Crippen LogP contribution < -0.4 is 0 Å². The summed E-state index contributed by atoms with van der Waals surface area (Å²) in [7, 11) is 0. The van der Waals surface area contributed by atoms with Crippen LogP contribution in [-0.2, 0) is 15.6 Å². The van der Waals surface area contributed by atoms with Crippen LogP contribution in [0, 0.1) is 11.8 Å². The van der Waals surface area contributed by atoms with Crippen molar-refractivity contribution < 1.29 is 4.79 Å². The molecule has 5 rings (SSSR count). The molecule has 0 amide bonds. The van der Waals surface area contributed by atoms with Crippen molar-refractivity contribution in [3.05, 3.63) is 106 Å². The fourth-order valence-electron chi connectivity index (χ4n) is 6.37. The van der Waals surface area contributed by atoms with E-state index < -0.39 is 0 Å². The highest BCUT2D eigenvalue weighted by Gasteiger charge is 2.67. The third-order valence-electron chi connectivity index (χ3n) is 8.19. The minimum atomic E-state index is -0.351. The van der Waals surface area contributed by atoms with Crippen LogP contribution in [0.2, 0.25) is 0 Å². The van der Waals surface area contributed by atoms with Crippen LogP contribution in [0.1, 0.15) is 51.7 Å². The normalized spacial score (nSPS) is 33.0. The van der Waals surface area contributed by atoms with Gasteiger partial charge in [-0.25, -0.2) is 0 Å². The Balaban J connectivity index is 1.94. The van der Waals surface area contributed by atoms with E-state index in [1.807, 2.05) is 0 Å². The zero-order chi connectivity index (χ0) is 21.1. The van der Waals surface area contributed by atoms with Crippen molar-refractivity contribution >= 4 is 5.78 Å². The molecular formula is C29H30O. The molecule has 2 aromatic rings. The lowest BCUT2D eigenvalue weighted by Gasteiger charge is -2.52. The molecule has 152 valence electrons. The summed E-state index contributed by atoms with van der Waals surface area (Å²) in [4.78, 5) is 14.1.